The first kappa shape index (κ1) is 12.9. The van der Waals surface area contributed by atoms with Crippen LogP contribution in [0.5, 0.6) is 0 Å². The third-order valence-corrected chi connectivity index (χ3v) is 1.67. The number of hydrogen-bond donors (Lipinski definition) is 0. The van der Waals surface area contributed by atoms with Gasteiger partial charge in [0.2, 0.25) is 0 Å². The molecular formula is C10H18O4. The SMILES string of the molecule is CCCCCC(=O)OOC(=O)C(C)C. The topological polar surface area (TPSA) is 52.6 Å². The zero-order valence-electron chi connectivity index (χ0n) is 9.04. The zero-order valence-corrected chi connectivity index (χ0v) is 9.04. The number of carbonyl (C=O) groups is 2. The van der Waals surface area contributed by atoms with Gasteiger partial charge in [0.05, 0.1) is 12.3 Å². The summed E-state index contributed by atoms with van der Waals surface area (Å²) >= 11 is 0. The van der Waals surface area contributed by atoms with Crippen molar-refractivity contribution in [3.8, 4) is 0 Å². The molecule has 0 unspecified atom stereocenters. The molecule has 0 radical (unpaired) electrons. The Kier molecular flexibility index (Phi) is 6.80. The highest BCUT2D eigenvalue weighted by Crippen LogP contribution is 2.02. The lowest BCUT2D eigenvalue weighted by molar-refractivity contribution is -0.261. The summed E-state index contributed by atoms with van der Waals surface area (Å²) in [6.45, 7) is 5.39. The van der Waals surface area contributed by atoms with Crippen molar-refractivity contribution in [1.82, 2.24) is 0 Å². The predicted molar refractivity (Wildman–Crippen MR) is 51.2 cm³/mol. The highest BCUT2D eigenvalue weighted by molar-refractivity contribution is 5.73. The molecule has 0 spiro atoms. The van der Waals surface area contributed by atoms with Gasteiger partial charge in [0, 0.05) is 0 Å². The van der Waals surface area contributed by atoms with Crippen LogP contribution in [0.3, 0.4) is 0 Å². The van der Waals surface area contributed by atoms with E-state index in [4.69, 9.17) is 0 Å². The van der Waals surface area contributed by atoms with E-state index in [1.54, 1.807) is 13.8 Å². The summed E-state index contributed by atoms with van der Waals surface area (Å²) in [5.74, 6) is -1.28. The van der Waals surface area contributed by atoms with Crippen molar-refractivity contribution >= 4 is 11.9 Å². The number of unbranched alkanes of at least 4 members (excludes halogenated alkanes) is 2. The van der Waals surface area contributed by atoms with Gasteiger partial charge < -0.3 is 0 Å². The second-order valence-corrected chi connectivity index (χ2v) is 3.47. The number of carbonyl (C=O) groups excluding carboxylic acids is 2. The number of rotatable bonds is 5. The monoisotopic (exact) mass is 202 g/mol. The van der Waals surface area contributed by atoms with E-state index in [-0.39, 0.29) is 5.92 Å². The van der Waals surface area contributed by atoms with E-state index in [1.165, 1.54) is 0 Å². The van der Waals surface area contributed by atoms with Gasteiger partial charge in [0.15, 0.2) is 0 Å². The van der Waals surface area contributed by atoms with E-state index in [0.717, 1.165) is 19.3 Å². The first-order valence-corrected chi connectivity index (χ1v) is 4.99. The molecule has 4 nitrogen and oxygen atoms in total. The molecular weight excluding hydrogens is 184 g/mol. The molecule has 0 saturated carbocycles. The molecule has 0 aliphatic heterocycles. The quantitative estimate of drug-likeness (QED) is 0.389. The lowest BCUT2D eigenvalue weighted by Crippen LogP contribution is -2.15. The highest BCUT2D eigenvalue weighted by atomic mass is 17.2. The molecule has 0 rings (SSSR count). The molecule has 0 aliphatic rings. The third kappa shape index (κ3) is 6.46. The Labute approximate surface area is 84.5 Å². The first-order valence-electron chi connectivity index (χ1n) is 4.99. The average Bonchev–Trinajstić information content (AvgIpc) is 2.14. The van der Waals surface area contributed by atoms with E-state index < -0.39 is 11.9 Å². The van der Waals surface area contributed by atoms with Crippen LogP contribution in [-0.2, 0) is 19.4 Å². The van der Waals surface area contributed by atoms with E-state index >= 15 is 0 Å². The molecule has 0 atom stereocenters. The largest absolute Gasteiger partial charge is 0.358 e. The number of hydrogen-bond acceptors (Lipinski definition) is 4. The van der Waals surface area contributed by atoms with Crippen LogP contribution in [0.15, 0.2) is 0 Å². The van der Waals surface area contributed by atoms with E-state index in [0.29, 0.717) is 6.42 Å². The van der Waals surface area contributed by atoms with E-state index in [1.807, 2.05) is 6.92 Å². The van der Waals surface area contributed by atoms with Gasteiger partial charge in [-0.15, -0.1) is 0 Å². The summed E-state index contributed by atoms with van der Waals surface area (Å²) in [6, 6.07) is 0. The van der Waals surface area contributed by atoms with Crippen LogP contribution in [0.4, 0.5) is 0 Å². The molecule has 4 heteroatoms. The van der Waals surface area contributed by atoms with Crippen LogP contribution in [0, 0.1) is 5.92 Å². The van der Waals surface area contributed by atoms with Gasteiger partial charge in [0.1, 0.15) is 0 Å². The third-order valence-electron chi connectivity index (χ3n) is 1.67. The Balaban J connectivity index is 3.49. The Hall–Kier alpha value is -1.06. The molecule has 0 bridgehead atoms. The van der Waals surface area contributed by atoms with Crippen molar-refractivity contribution in [1.29, 1.82) is 0 Å². The van der Waals surface area contributed by atoms with Crippen LogP contribution in [0.2, 0.25) is 0 Å². The molecule has 0 saturated heterocycles. The van der Waals surface area contributed by atoms with Crippen molar-refractivity contribution in [2.24, 2.45) is 5.92 Å². The molecule has 0 aromatic rings. The minimum Gasteiger partial charge on any atom is -0.247 e. The molecule has 82 valence electrons. The van der Waals surface area contributed by atoms with Crippen molar-refractivity contribution < 1.29 is 19.4 Å². The molecule has 0 aliphatic carbocycles. The standard InChI is InChI=1S/C10H18O4/c1-4-5-6-7-9(11)13-14-10(12)8(2)3/h8H,4-7H2,1-3H3. The Morgan fingerprint density at radius 2 is 1.79 bits per heavy atom. The molecule has 0 aromatic carbocycles. The average molecular weight is 202 g/mol. The second-order valence-electron chi connectivity index (χ2n) is 3.47. The zero-order chi connectivity index (χ0) is 11.0. The summed E-state index contributed by atoms with van der Waals surface area (Å²) < 4.78 is 0. The molecule has 0 fully saturated rings. The normalized spacial score (nSPS) is 10.0. The smallest absolute Gasteiger partial charge is 0.247 e. The van der Waals surface area contributed by atoms with Gasteiger partial charge in [-0.25, -0.2) is 19.4 Å². The summed E-state index contributed by atoms with van der Waals surface area (Å²) in [5.41, 5.74) is 0. The fourth-order valence-electron chi connectivity index (χ4n) is 0.745. The molecule has 0 aromatic heterocycles. The summed E-state index contributed by atoms with van der Waals surface area (Å²) in [5, 5.41) is 0. The van der Waals surface area contributed by atoms with Crippen molar-refractivity contribution in [2.45, 2.75) is 46.5 Å². The summed E-state index contributed by atoms with van der Waals surface area (Å²) in [6.07, 6.45) is 3.10. The van der Waals surface area contributed by atoms with Gasteiger partial charge in [0.25, 0.3) is 0 Å². The maximum atomic E-state index is 10.9. The van der Waals surface area contributed by atoms with Crippen molar-refractivity contribution in [3.63, 3.8) is 0 Å². The molecule has 14 heavy (non-hydrogen) atoms. The minimum atomic E-state index is -0.520. The fraction of sp³-hybridized carbons (Fsp3) is 0.800. The Morgan fingerprint density at radius 1 is 1.14 bits per heavy atom. The maximum absolute atomic E-state index is 10.9. The minimum absolute atomic E-state index is 0.279. The van der Waals surface area contributed by atoms with Crippen LogP contribution in [-0.4, -0.2) is 11.9 Å². The van der Waals surface area contributed by atoms with Crippen LogP contribution in [0.1, 0.15) is 46.5 Å². The van der Waals surface area contributed by atoms with Gasteiger partial charge in [-0.2, -0.15) is 0 Å². The van der Waals surface area contributed by atoms with Gasteiger partial charge in [-0.05, 0) is 6.42 Å². The van der Waals surface area contributed by atoms with E-state index in [9.17, 15) is 9.59 Å². The Morgan fingerprint density at radius 3 is 2.29 bits per heavy atom. The lowest BCUT2D eigenvalue weighted by Gasteiger charge is -2.04. The van der Waals surface area contributed by atoms with Gasteiger partial charge in [-0.3, -0.25) is 0 Å². The Bertz CT molecular complexity index is 187. The fourth-order valence-corrected chi connectivity index (χ4v) is 0.745. The van der Waals surface area contributed by atoms with Gasteiger partial charge >= 0.3 is 11.9 Å². The first-order chi connectivity index (χ1) is 6.57. The second kappa shape index (κ2) is 7.35. The lowest BCUT2D eigenvalue weighted by atomic mass is 10.2. The van der Waals surface area contributed by atoms with E-state index in [2.05, 4.69) is 9.78 Å². The maximum Gasteiger partial charge on any atom is 0.358 e. The predicted octanol–water partition coefficient (Wildman–Crippen LogP) is 2.22. The molecule has 0 amide bonds. The molecule has 0 N–H and O–H groups in total. The van der Waals surface area contributed by atoms with Crippen LogP contribution >= 0.6 is 0 Å². The van der Waals surface area contributed by atoms with Crippen LogP contribution in [0.25, 0.3) is 0 Å². The highest BCUT2D eigenvalue weighted by Gasteiger charge is 2.12. The van der Waals surface area contributed by atoms with Crippen LogP contribution < -0.4 is 0 Å². The molecule has 0 heterocycles. The van der Waals surface area contributed by atoms with Crippen molar-refractivity contribution in [3.05, 3.63) is 0 Å². The van der Waals surface area contributed by atoms with Gasteiger partial charge in [-0.1, -0.05) is 33.6 Å². The summed E-state index contributed by atoms with van der Waals surface area (Å²) in [7, 11) is 0. The van der Waals surface area contributed by atoms with Crippen molar-refractivity contribution in [2.75, 3.05) is 0 Å². The summed E-state index contributed by atoms with van der Waals surface area (Å²) in [4.78, 5) is 30.5.